The van der Waals surface area contributed by atoms with Gasteiger partial charge in [0, 0.05) is 46.1 Å². The number of guanidine groups is 1. The van der Waals surface area contributed by atoms with E-state index in [2.05, 4.69) is 30.6 Å². The molecule has 0 saturated heterocycles. The standard InChI is InChI=1S/C24H23ClN6O2/c1-15-12-16(2)29-24(28-15)31-23(30-22(32)8-6-19-4-3-11-33-19)26-10-9-17-14-27-21-7-5-18(25)13-20(17)21/h3-8,11-14,27H,9-10H2,1-2H3,(H2,26,28,29,30,31,32)/b8-6+. The van der Waals surface area contributed by atoms with Crippen molar-refractivity contribution in [2.75, 3.05) is 11.9 Å². The van der Waals surface area contributed by atoms with Crippen LogP contribution in [0.4, 0.5) is 5.95 Å². The highest BCUT2D eigenvalue weighted by Crippen LogP contribution is 2.22. The van der Waals surface area contributed by atoms with Crippen molar-refractivity contribution in [1.82, 2.24) is 20.3 Å². The first-order chi connectivity index (χ1) is 16.0. The fourth-order valence-electron chi connectivity index (χ4n) is 3.35. The molecule has 3 heterocycles. The van der Waals surface area contributed by atoms with Crippen molar-refractivity contribution in [3.63, 3.8) is 0 Å². The predicted molar refractivity (Wildman–Crippen MR) is 130 cm³/mol. The Morgan fingerprint density at radius 2 is 2.03 bits per heavy atom. The van der Waals surface area contributed by atoms with E-state index in [1.165, 1.54) is 6.08 Å². The van der Waals surface area contributed by atoms with Gasteiger partial charge in [-0.2, -0.15) is 0 Å². The highest BCUT2D eigenvalue weighted by molar-refractivity contribution is 6.31. The number of aromatic amines is 1. The number of rotatable bonds is 6. The van der Waals surface area contributed by atoms with Gasteiger partial charge in [-0.15, -0.1) is 0 Å². The molecule has 0 aliphatic heterocycles. The molecule has 0 unspecified atom stereocenters. The minimum Gasteiger partial charge on any atom is -0.465 e. The molecule has 9 heteroatoms. The molecule has 8 nitrogen and oxygen atoms in total. The molecule has 0 saturated carbocycles. The third-order valence-corrected chi connectivity index (χ3v) is 5.01. The number of nitrogens with zero attached hydrogens (tertiary/aromatic N) is 3. The number of anilines is 1. The average Bonchev–Trinajstić information content (AvgIpc) is 3.41. The second-order valence-corrected chi connectivity index (χ2v) is 7.86. The molecule has 4 rings (SSSR count). The monoisotopic (exact) mass is 462 g/mol. The van der Waals surface area contributed by atoms with Gasteiger partial charge >= 0.3 is 0 Å². The van der Waals surface area contributed by atoms with Crippen molar-refractivity contribution >= 4 is 46.4 Å². The Labute approximate surface area is 195 Å². The molecule has 3 N–H and O–H groups in total. The Hall–Kier alpha value is -3.91. The lowest BCUT2D eigenvalue weighted by Gasteiger charge is -2.10. The van der Waals surface area contributed by atoms with E-state index in [4.69, 9.17) is 16.0 Å². The lowest BCUT2D eigenvalue weighted by atomic mass is 10.1. The number of halogens is 1. The van der Waals surface area contributed by atoms with Crippen molar-refractivity contribution in [1.29, 1.82) is 0 Å². The zero-order valence-corrected chi connectivity index (χ0v) is 19.0. The minimum atomic E-state index is -0.360. The van der Waals surface area contributed by atoms with Crippen molar-refractivity contribution in [3.8, 4) is 0 Å². The summed E-state index contributed by atoms with van der Waals surface area (Å²) in [4.78, 5) is 29.0. The van der Waals surface area contributed by atoms with Gasteiger partial charge < -0.3 is 9.40 Å². The maximum Gasteiger partial charge on any atom is 0.250 e. The van der Waals surface area contributed by atoms with Crippen molar-refractivity contribution in [3.05, 3.63) is 82.7 Å². The van der Waals surface area contributed by atoms with Crippen LogP contribution >= 0.6 is 11.6 Å². The Morgan fingerprint density at radius 1 is 1.21 bits per heavy atom. The first kappa shape index (κ1) is 22.3. The SMILES string of the molecule is Cc1cc(C)nc(NC(=NCCc2c[nH]c3ccc(Cl)cc23)NC(=O)/C=C/c2ccco2)n1. The van der Waals surface area contributed by atoms with Crippen LogP contribution in [0, 0.1) is 13.8 Å². The molecule has 0 bridgehead atoms. The summed E-state index contributed by atoms with van der Waals surface area (Å²) in [6.07, 6.45) is 7.09. The number of aliphatic imine (C=N–C) groups is 1. The maximum atomic E-state index is 12.5. The minimum absolute atomic E-state index is 0.256. The molecule has 3 aromatic heterocycles. The van der Waals surface area contributed by atoms with Crippen LogP contribution in [-0.2, 0) is 11.2 Å². The largest absolute Gasteiger partial charge is 0.465 e. The summed E-state index contributed by atoms with van der Waals surface area (Å²) in [6, 6.07) is 11.1. The lowest BCUT2D eigenvalue weighted by Crippen LogP contribution is -2.35. The molecular weight excluding hydrogens is 440 g/mol. The van der Waals surface area contributed by atoms with Gasteiger partial charge in [0.25, 0.3) is 5.91 Å². The van der Waals surface area contributed by atoms with Crippen molar-refractivity contribution in [2.24, 2.45) is 4.99 Å². The van der Waals surface area contributed by atoms with Gasteiger partial charge in [0.15, 0.2) is 0 Å². The molecule has 1 amide bonds. The van der Waals surface area contributed by atoms with Gasteiger partial charge in [-0.1, -0.05) is 11.6 Å². The zero-order chi connectivity index (χ0) is 23.2. The van der Waals surface area contributed by atoms with E-state index < -0.39 is 0 Å². The molecule has 33 heavy (non-hydrogen) atoms. The smallest absolute Gasteiger partial charge is 0.250 e. The Kier molecular flexibility index (Phi) is 6.85. The van der Waals surface area contributed by atoms with E-state index in [1.807, 2.05) is 44.3 Å². The van der Waals surface area contributed by atoms with Gasteiger partial charge in [0.1, 0.15) is 5.76 Å². The number of benzene rings is 1. The molecule has 0 aliphatic carbocycles. The highest BCUT2D eigenvalue weighted by atomic mass is 35.5. The van der Waals surface area contributed by atoms with Crippen LogP contribution in [0.2, 0.25) is 5.02 Å². The molecule has 4 aromatic rings. The molecule has 0 spiro atoms. The highest BCUT2D eigenvalue weighted by Gasteiger charge is 2.09. The number of furan rings is 1. The van der Waals surface area contributed by atoms with Crippen LogP contribution < -0.4 is 10.6 Å². The molecule has 0 radical (unpaired) electrons. The van der Waals surface area contributed by atoms with Gasteiger partial charge in [-0.25, -0.2) is 9.97 Å². The molecular formula is C24H23ClN6O2. The number of aromatic nitrogens is 3. The summed E-state index contributed by atoms with van der Waals surface area (Å²) in [6.45, 7) is 4.18. The van der Waals surface area contributed by atoms with Crippen LogP contribution in [0.15, 0.2) is 64.3 Å². The van der Waals surface area contributed by atoms with Crippen LogP contribution in [0.3, 0.4) is 0 Å². The number of amides is 1. The fourth-order valence-corrected chi connectivity index (χ4v) is 3.52. The first-order valence-electron chi connectivity index (χ1n) is 10.4. The first-order valence-corrected chi connectivity index (χ1v) is 10.8. The van der Waals surface area contributed by atoms with Crippen molar-refractivity contribution in [2.45, 2.75) is 20.3 Å². The third-order valence-electron chi connectivity index (χ3n) is 4.78. The molecule has 168 valence electrons. The number of hydrogen-bond donors (Lipinski definition) is 3. The third kappa shape index (κ3) is 6.08. The van der Waals surface area contributed by atoms with Gasteiger partial charge in [0.2, 0.25) is 11.9 Å². The summed E-state index contributed by atoms with van der Waals surface area (Å²) in [5.74, 6) is 0.834. The predicted octanol–water partition coefficient (Wildman–Crippen LogP) is 4.66. The molecule has 0 atom stereocenters. The van der Waals surface area contributed by atoms with E-state index in [-0.39, 0.29) is 11.9 Å². The van der Waals surface area contributed by atoms with Crippen LogP contribution in [-0.4, -0.2) is 33.4 Å². The van der Waals surface area contributed by atoms with E-state index in [9.17, 15) is 4.79 Å². The lowest BCUT2D eigenvalue weighted by molar-refractivity contribution is -0.115. The quantitative estimate of drug-likeness (QED) is 0.219. The molecule has 0 fully saturated rings. The summed E-state index contributed by atoms with van der Waals surface area (Å²) in [5.41, 5.74) is 3.71. The van der Waals surface area contributed by atoms with Gasteiger partial charge in [-0.3, -0.25) is 20.4 Å². The second-order valence-electron chi connectivity index (χ2n) is 7.42. The van der Waals surface area contributed by atoms with Crippen LogP contribution in [0.25, 0.3) is 17.0 Å². The normalized spacial score (nSPS) is 11.9. The maximum absolute atomic E-state index is 12.5. The number of fused-ring (bicyclic) bond motifs is 1. The number of hydrogen-bond acceptors (Lipinski definition) is 5. The Balaban J connectivity index is 1.50. The number of H-pyrrole nitrogens is 1. The zero-order valence-electron chi connectivity index (χ0n) is 18.2. The number of nitrogens with one attached hydrogen (secondary N) is 3. The van der Waals surface area contributed by atoms with Gasteiger partial charge in [0.05, 0.1) is 6.26 Å². The topological polar surface area (TPSA) is 108 Å². The summed E-state index contributed by atoms with van der Waals surface area (Å²) < 4.78 is 5.22. The summed E-state index contributed by atoms with van der Waals surface area (Å²) in [7, 11) is 0. The number of aryl methyl sites for hydroxylation is 2. The molecule has 0 aliphatic rings. The fraction of sp³-hybridized carbons (Fsp3) is 0.167. The van der Waals surface area contributed by atoms with Gasteiger partial charge in [-0.05, 0) is 68.3 Å². The Bertz CT molecular complexity index is 1300. The Morgan fingerprint density at radius 3 is 2.79 bits per heavy atom. The van der Waals surface area contributed by atoms with E-state index in [0.29, 0.717) is 29.7 Å². The molecule has 1 aromatic carbocycles. The van der Waals surface area contributed by atoms with Crippen LogP contribution in [0.1, 0.15) is 22.7 Å². The summed E-state index contributed by atoms with van der Waals surface area (Å²) in [5, 5.41) is 7.51. The second kappa shape index (κ2) is 10.1. The van der Waals surface area contributed by atoms with Crippen LogP contribution in [0.5, 0.6) is 0 Å². The van der Waals surface area contributed by atoms with E-state index >= 15 is 0 Å². The average molecular weight is 463 g/mol. The van der Waals surface area contributed by atoms with E-state index in [1.54, 1.807) is 24.5 Å². The number of carbonyl (C=O) groups is 1. The van der Waals surface area contributed by atoms with Crippen molar-refractivity contribution < 1.29 is 9.21 Å². The number of carbonyl (C=O) groups excluding carboxylic acids is 1. The summed E-state index contributed by atoms with van der Waals surface area (Å²) >= 11 is 6.15. The van der Waals surface area contributed by atoms with E-state index in [0.717, 1.165) is 27.9 Å².